The molecule has 0 saturated heterocycles. The second kappa shape index (κ2) is 7.06. The number of hydrogen-bond donors (Lipinski definition) is 1. The third kappa shape index (κ3) is 7.95. The predicted molar refractivity (Wildman–Crippen MR) is 44.4 cm³/mol. The zero-order valence-corrected chi connectivity index (χ0v) is 7.08. The van der Waals surface area contributed by atoms with Gasteiger partial charge in [0.2, 0.25) is 0 Å². The van der Waals surface area contributed by atoms with E-state index < -0.39 is 0 Å². The van der Waals surface area contributed by atoms with Crippen molar-refractivity contribution >= 4 is 11.6 Å². The molecular formula is C7H14ClNO. The zero-order valence-electron chi connectivity index (χ0n) is 6.32. The summed E-state index contributed by atoms with van der Waals surface area (Å²) in [7, 11) is 1.69. The minimum Gasteiger partial charge on any atom is -0.385 e. The van der Waals surface area contributed by atoms with Crippen LogP contribution in [0.1, 0.15) is 6.42 Å². The molecule has 0 unspecified atom stereocenters. The van der Waals surface area contributed by atoms with Crippen LogP contribution >= 0.6 is 11.6 Å². The minimum atomic E-state index is 0.650. The summed E-state index contributed by atoms with van der Waals surface area (Å²) in [4.78, 5) is 0. The third-order valence-corrected chi connectivity index (χ3v) is 1.15. The first kappa shape index (κ1) is 9.95. The van der Waals surface area contributed by atoms with Crippen molar-refractivity contribution in [2.75, 3.05) is 26.8 Å². The molecule has 0 aliphatic heterocycles. The molecular weight excluding hydrogens is 150 g/mol. The molecule has 3 heteroatoms. The number of ether oxygens (including phenoxy) is 1. The molecule has 0 aliphatic rings. The van der Waals surface area contributed by atoms with Crippen molar-refractivity contribution in [2.45, 2.75) is 6.42 Å². The van der Waals surface area contributed by atoms with Crippen LogP contribution in [0.15, 0.2) is 11.6 Å². The van der Waals surface area contributed by atoms with E-state index in [1.54, 1.807) is 7.11 Å². The van der Waals surface area contributed by atoms with Gasteiger partial charge >= 0.3 is 0 Å². The van der Waals surface area contributed by atoms with Crippen molar-refractivity contribution < 1.29 is 4.74 Å². The zero-order chi connectivity index (χ0) is 7.82. The Kier molecular flexibility index (Phi) is 7.03. The maximum atomic E-state index is 5.50. The van der Waals surface area contributed by atoms with Gasteiger partial charge in [0.25, 0.3) is 0 Å². The van der Waals surface area contributed by atoms with Crippen LogP contribution in [-0.4, -0.2) is 26.8 Å². The van der Waals surface area contributed by atoms with Crippen LogP contribution in [0, 0.1) is 0 Å². The lowest BCUT2D eigenvalue weighted by atomic mass is 10.4. The molecule has 2 nitrogen and oxygen atoms in total. The van der Waals surface area contributed by atoms with Crippen LogP contribution in [0.5, 0.6) is 0 Å². The van der Waals surface area contributed by atoms with Gasteiger partial charge < -0.3 is 10.1 Å². The Hall–Kier alpha value is -0.0500. The number of rotatable bonds is 6. The molecule has 0 amide bonds. The van der Waals surface area contributed by atoms with Crippen molar-refractivity contribution in [1.82, 2.24) is 5.32 Å². The van der Waals surface area contributed by atoms with Crippen molar-refractivity contribution in [2.24, 2.45) is 0 Å². The van der Waals surface area contributed by atoms with Gasteiger partial charge in [0.1, 0.15) is 0 Å². The van der Waals surface area contributed by atoms with Gasteiger partial charge in [-0.05, 0) is 13.0 Å². The Labute approximate surface area is 67.2 Å². The molecule has 10 heavy (non-hydrogen) atoms. The van der Waals surface area contributed by atoms with Gasteiger partial charge in [-0.3, -0.25) is 0 Å². The monoisotopic (exact) mass is 163 g/mol. The van der Waals surface area contributed by atoms with E-state index in [2.05, 4.69) is 11.9 Å². The topological polar surface area (TPSA) is 21.3 Å². The molecule has 0 bridgehead atoms. The quantitative estimate of drug-likeness (QED) is 0.598. The molecule has 0 heterocycles. The van der Waals surface area contributed by atoms with Gasteiger partial charge in [-0.1, -0.05) is 18.2 Å². The maximum absolute atomic E-state index is 5.50. The molecule has 0 saturated carbocycles. The highest BCUT2D eigenvalue weighted by Crippen LogP contribution is 1.91. The first-order chi connectivity index (χ1) is 4.77. The minimum absolute atomic E-state index is 0.650. The smallest absolute Gasteiger partial charge is 0.0474 e. The van der Waals surface area contributed by atoms with Crippen molar-refractivity contribution in [1.29, 1.82) is 0 Å². The Bertz CT molecular complexity index is 95.6. The number of nitrogens with one attached hydrogen (secondary N) is 1. The highest BCUT2D eigenvalue weighted by Gasteiger charge is 1.87. The highest BCUT2D eigenvalue weighted by atomic mass is 35.5. The summed E-state index contributed by atoms with van der Waals surface area (Å²) in [5.41, 5.74) is 0. The van der Waals surface area contributed by atoms with Crippen LogP contribution in [0.25, 0.3) is 0 Å². The van der Waals surface area contributed by atoms with E-state index in [9.17, 15) is 0 Å². The van der Waals surface area contributed by atoms with E-state index in [4.69, 9.17) is 16.3 Å². The summed E-state index contributed by atoms with van der Waals surface area (Å²) in [5.74, 6) is 0. The lowest BCUT2D eigenvalue weighted by Gasteiger charge is -2.01. The fraction of sp³-hybridized carbons (Fsp3) is 0.714. The molecule has 0 rings (SSSR count). The van der Waals surface area contributed by atoms with Gasteiger partial charge in [0.15, 0.2) is 0 Å². The van der Waals surface area contributed by atoms with Crippen LogP contribution in [0.2, 0.25) is 0 Å². The molecule has 1 N–H and O–H groups in total. The Morgan fingerprint density at radius 2 is 2.40 bits per heavy atom. The lowest BCUT2D eigenvalue weighted by Crippen LogP contribution is -2.17. The fourth-order valence-electron chi connectivity index (χ4n) is 0.566. The average molecular weight is 164 g/mol. The Morgan fingerprint density at radius 3 is 2.90 bits per heavy atom. The summed E-state index contributed by atoms with van der Waals surface area (Å²) in [6.07, 6.45) is 1.01. The molecule has 0 aromatic carbocycles. The molecule has 0 radical (unpaired) electrons. The summed E-state index contributed by atoms with van der Waals surface area (Å²) >= 11 is 5.50. The third-order valence-electron chi connectivity index (χ3n) is 1.02. The molecule has 0 fully saturated rings. The predicted octanol–water partition coefficient (Wildman–Crippen LogP) is 1.36. The van der Waals surface area contributed by atoms with Crippen molar-refractivity contribution in [3.05, 3.63) is 11.6 Å². The van der Waals surface area contributed by atoms with Crippen LogP contribution in [0.4, 0.5) is 0 Å². The van der Waals surface area contributed by atoms with E-state index in [-0.39, 0.29) is 0 Å². The van der Waals surface area contributed by atoms with E-state index in [1.165, 1.54) is 0 Å². The largest absolute Gasteiger partial charge is 0.385 e. The number of methoxy groups -OCH3 is 1. The Balaban J connectivity index is 2.84. The van der Waals surface area contributed by atoms with Crippen molar-refractivity contribution in [3.8, 4) is 0 Å². The summed E-state index contributed by atoms with van der Waals surface area (Å²) in [5, 5.41) is 3.76. The molecule has 0 aromatic rings. The molecule has 0 aliphatic carbocycles. The highest BCUT2D eigenvalue weighted by molar-refractivity contribution is 6.29. The van der Waals surface area contributed by atoms with Gasteiger partial charge in [-0.15, -0.1) is 0 Å². The van der Waals surface area contributed by atoms with Gasteiger partial charge in [0.05, 0.1) is 0 Å². The molecule has 0 spiro atoms. The summed E-state index contributed by atoms with van der Waals surface area (Å²) in [6, 6.07) is 0. The number of halogens is 1. The summed E-state index contributed by atoms with van der Waals surface area (Å²) in [6.45, 7) is 5.95. The van der Waals surface area contributed by atoms with E-state index >= 15 is 0 Å². The first-order valence-electron chi connectivity index (χ1n) is 3.30. The lowest BCUT2D eigenvalue weighted by molar-refractivity contribution is 0.194. The summed E-state index contributed by atoms with van der Waals surface area (Å²) < 4.78 is 4.85. The van der Waals surface area contributed by atoms with E-state index in [0.717, 1.165) is 19.6 Å². The molecule has 0 aromatic heterocycles. The maximum Gasteiger partial charge on any atom is 0.0474 e. The van der Waals surface area contributed by atoms with E-state index in [1.807, 2.05) is 0 Å². The van der Waals surface area contributed by atoms with Crippen LogP contribution < -0.4 is 5.32 Å². The van der Waals surface area contributed by atoms with Gasteiger partial charge in [-0.25, -0.2) is 0 Å². The van der Waals surface area contributed by atoms with Gasteiger partial charge in [0, 0.05) is 25.3 Å². The van der Waals surface area contributed by atoms with Crippen LogP contribution in [0.3, 0.4) is 0 Å². The van der Waals surface area contributed by atoms with Crippen molar-refractivity contribution in [3.63, 3.8) is 0 Å². The fourth-order valence-corrected chi connectivity index (χ4v) is 0.660. The van der Waals surface area contributed by atoms with Crippen LogP contribution in [-0.2, 0) is 4.74 Å². The van der Waals surface area contributed by atoms with E-state index in [0.29, 0.717) is 11.6 Å². The average Bonchev–Trinajstić information content (AvgIpc) is 1.87. The first-order valence-corrected chi connectivity index (χ1v) is 3.68. The standard InChI is InChI=1S/C7H14ClNO/c1-7(8)6-9-4-3-5-10-2/h9H,1,3-6H2,2H3. The number of hydrogen-bond acceptors (Lipinski definition) is 2. The normalized spacial score (nSPS) is 9.80. The molecule has 60 valence electrons. The second-order valence-corrected chi connectivity index (χ2v) is 2.57. The van der Waals surface area contributed by atoms with Gasteiger partial charge in [-0.2, -0.15) is 0 Å². The Morgan fingerprint density at radius 1 is 1.70 bits per heavy atom. The second-order valence-electron chi connectivity index (χ2n) is 2.04. The molecule has 0 atom stereocenters. The SMILES string of the molecule is C=C(Cl)CNCCCOC.